The standard InChI is InChI=1S/C19H20N4O5S/c1-14(29-18-8-6-17(7-9-18)23(27)28)19(24)21-12-10-20(11-13-21)15-2-4-16(5-3-15)22(25)26/h2-9,14H,10-13H2,1H3/t14-/m1/s1. The molecule has 0 N–H and O–H groups in total. The Morgan fingerprint density at radius 3 is 1.86 bits per heavy atom. The van der Waals surface area contributed by atoms with Gasteiger partial charge in [0.25, 0.3) is 11.4 Å². The third kappa shape index (κ3) is 5.02. The van der Waals surface area contributed by atoms with Gasteiger partial charge < -0.3 is 9.80 Å². The van der Waals surface area contributed by atoms with Gasteiger partial charge in [-0.05, 0) is 31.2 Å². The minimum Gasteiger partial charge on any atom is -0.368 e. The van der Waals surface area contributed by atoms with Crippen LogP contribution in [0.3, 0.4) is 0 Å². The van der Waals surface area contributed by atoms with Crippen molar-refractivity contribution in [2.75, 3.05) is 31.1 Å². The van der Waals surface area contributed by atoms with Crippen molar-refractivity contribution in [2.45, 2.75) is 17.1 Å². The number of nitrogens with zero attached hydrogens (tertiary/aromatic N) is 4. The number of non-ortho nitro benzene ring substituents is 2. The van der Waals surface area contributed by atoms with Crippen LogP contribution in [0.1, 0.15) is 6.92 Å². The van der Waals surface area contributed by atoms with E-state index in [0.29, 0.717) is 26.2 Å². The smallest absolute Gasteiger partial charge is 0.269 e. The fraction of sp³-hybridized carbons (Fsp3) is 0.316. The Morgan fingerprint density at radius 2 is 1.38 bits per heavy atom. The van der Waals surface area contributed by atoms with E-state index in [1.54, 1.807) is 24.3 Å². The molecule has 0 bridgehead atoms. The highest BCUT2D eigenvalue weighted by molar-refractivity contribution is 8.00. The van der Waals surface area contributed by atoms with Crippen LogP contribution >= 0.6 is 11.8 Å². The molecule has 0 radical (unpaired) electrons. The van der Waals surface area contributed by atoms with Crippen molar-refractivity contribution >= 4 is 34.7 Å². The molecular weight excluding hydrogens is 396 g/mol. The van der Waals surface area contributed by atoms with Crippen molar-refractivity contribution < 1.29 is 14.6 Å². The van der Waals surface area contributed by atoms with Crippen molar-refractivity contribution in [3.63, 3.8) is 0 Å². The van der Waals surface area contributed by atoms with Crippen molar-refractivity contribution in [3.8, 4) is 0 Å². The Balaban J connectivity index is 1.53. The number of hydrogen-bond donors (Lipinski definition) is 0. The lowest BCUT2D eigenvalue weighted by atomic mass is 10.2. The summed E-state index contributed by atoms with van der Waals surface area (Å²) in [6.07, 6.45) is 0. The molecule has 1 fully saturated rings. The molecule has 2 aromatic rings. The van der Waals surface area contributed by atoms with Gasteiger partial charge in [0, 0.05) is 61.0 Å². The van der Waals surface area contributed by atoms with Gasteiger partial charge in [-0.3, -0.25) is 25.0 Å². The molecule has 1 amide bonds. The number of nitro groups is 2. The van der Waals surface area contributed by atoms with Gasteiger partial charge in [-0.25, -0.2) is 0 Å². The van der Waals surface area contributed by atoms with Crippen LogP contribution in [0, 0.1) is 20.2 Å². The minimum atomic E-state index is -0.451. The maximum Gasteiger partial charge on any atom is 0.269 e. The Kier molecular flexibility index (Phi) is 6.32. The summed E-state index contributed by atoms with van der Waals surface area (Å²) < 4.78 is 0. The monoisotopic (exact) mass is 416 g/mol. The Hall–Kier alpha value is -3.14. The second-order valence-corrected chi connectivity index (χ2v) is 8.01. The lowest BCUT2D eigenvalue weighted by Gasteiger charge is -2.37. The molecule has 9 nitrogen and oxygen atoms in total. The number of carbonyl (C=O) groups excluding carboxylic acids is 1. The summed E-state index contributed by atoms with van der Waals surface area (Å²) in [6.45, 7) is 4.27. The predicted molar refractivity (Wildman–Crippen MR) is 110 cm³/mol. The van der Waals surface area contributed by atoms with Crippen LogP contribution in [-0.2, 0) is 4.79 Å². The summed E-state index contributed by atoms with van der Waals surface area (Å²) in [5.41, 5.74) is 0.978. The molecule has 1 aliphatic heterocycles. The molecule has 152 valence electrons. The van der Waals surface area contributed by atoms with E-state index in [4.69, 9.17) is 0 Å². The first kappa shape index (κ1) is 20.6. The Morgan fingerprint density at radius 1 is 0.897 bits per heavy atom. The van der Waals surface area contributed by atoms with Crippen molar-refractivity contribution in [3.05, 3.63) is 68.8 Å². The van der Waals surface area contributed by atoms with Crippen LogP contribution < -0.4 is 4.90 Å². The summed E-state index contributed by atoms with van der Waals surface area (Å²) in [5.74, 6) is 0.0247. The highest BCUT2D eigenvalue weighted by Gasteiger charge is 2.26. The van der Waals surface area contributed by atoms with Crippen molar-refractivity contribution in [2.24, 2.45) is 0 Å². The average molecular weight is 416 g/mol. The summed E-state index contributed by atoms with van der Waals surface area (Å²) in [5, 5.41) is 21.2. The lowest BCUT2D eigenvalue weighted by molar-refractivity contribution is -0.385. The molecule has 1 atom stereocenters. The van der Waals surface area contributed by atoms with Gasteiger partial charge in [0.1, 0.15) is 0 Å². The maximum atomic E-state index is 12.7. The molecule has 0 aliphatic carbocycles. The summed E-state index contributed by atoms with van der Waals surface area (Å²) in [6, 6.07) is 12.6. The highest BCUT2D eigenvalue weighted by atomic mass is 32.2. The highest BCUT2D eigenvalue weighted by Crippen LogP contribution is 2.27. The SMILES string of the molecule is C[C@@H](Sc1ccc([N+](=O)[O-])cc1)C(=O)N1CCN(c2ccc([N+](=O)[O-])cc2)CC1. The number of piperazine rings is 1. The first-order chi connectivity index (χ1) is 13.8. The van der Waals surface area contributed by atoms with E-state index in [0.717, 1.165) is 10.6 Å². The molecule has 1 aliphatic rings. The Labute approximate surface area is 171 Å². The molecule has 0 unspecified atom stereocenters. The molecular formula is C19H20N4O5S. The van der Waals surface area contributed by atoms with Gasteiger partial charge in [0.2, 0.25) is 5.91 Å². The molecule has 1 heterocycles. The number of hydrogen-bond acceptors (Lipinski definition) is 7. The van der Waals surface area contributed by atoms with Crippen LogP contribution in [0.2, 0.25) is 0 Å². The first-order valence-electron chi connectivity index (χ1n) is 9.04. The van der Waals surface area contributed by atoms with Gasteiger partial charge in [0.05, 0.1) is 15.1 Å². The van der Waals surface area contributed by atoms with E-state index in [1.807, 2.05) is 11.8 Å². The first-order valence-corrected chi connectivity index (χ1v) is 9.92. The van der Waals surface area contributed by atoms with Crippen LogP contribution in [-0.4, -0.2) is 52.1 Å². The van der Waals surface area contributed by atoms with Gasteiger partial charge in [-0.2, -0.15) is 0 Å². The third-order valence-electron chi connectivity index (χ3n) is 4.73. The average Bonchev–Trinajstić information content (AvgIpc) is 2.73. The van der Waals surface area contributed by atoms with Gasteiger partial charge in [-0.15, -0.1) is 11.8 Å². The van der Waals surface area contributed by atoms with Crippen LogP contribution in [0.25, 0.3) is 0 Å². The van der Waals surface area contributed by atoms with E-state index in [2.05, 4.69) is 4.90 Å². The number of amides is 1. The topological polar surface area (TPSA) is 110 Å². The normalized spacial score (nSPS) is 15.1. The number of benzene rings is 2. The number of anilines is 1. The van der Waals surface area contributed by atoms with E-state index in [-0.39, 0.29) is 22.5 Å². The summed E-state index contributed by atoms with van der Waals surface area (Å²) >= 11 is 1.38. The zero-order chi connectivity index (χ0) is 21.0. The fourth-order valence-corrected chi connectivity index (χ4v) is 4.08. The maximum absolute atomic E-state index is 12.7. The Bertz CT molecular complexity index is 896. The second kappa shape index (κ2) is 8.91. The van der Waals surface area contributed by atoms with E-state index in [1.165, 1.54) is 36.0 Å². The number of carbonyl (C=O) groups is 1. The van der Waals surface area contributed by atoms with Crippen LogP contribution in [0.4, 0.5) is 17.1 Å². The van der Waals surface area contributed by atoms with Gasteiger partial charge in [-0.1, -0.05) is 0 Å². The molecule has 0 aromatic heterocycles. The molecule has 10 heteroatoms. The minimum absolute atomic E-state index is 0.0238. The quantitative estimate of drug-likeness (QED) is 0.403. The summed E-state index contributed by atoms with van der Waals surface area (Å²) in [7, 11) is 0. The van der Waals surface area contributed by atoms with Crippen molar-refractivity contribution in [1.29, 1.82) is 0 Å². The molecule has 1 saturated heterocycles. The number of rotatable bonds is 6. The second-order valence-electron chi connectivity index (χ2n) is 6.60. The molecule has 2 aromatic carbocycles. The molecule has 0 saturated carbocycles. The molecule has 3 rings (SSSR count). The van der Waals surface area contributed by atoms with Gasteiger partial charge >= 0.3 is 0 Å². The van der Waals surface area contributed by atoms with E-state index in [9.17, 15) is 25.0 Å². The number of thioether (sulfide) groups is 1. The van der Waals surface area contributed by atoms with E-state index >= 15 is 0 Å². The largest absolute Gasteiger partial charge is 0.368 e. The fourth-order valence-electron chi connectivity index (χ4n) is 3.13. The molecule has 29 heavy (non-hydrogen) atoms. The predicted octanol–water partition coefficient (Wildman–Crippen LogP) is 3.33. The van der Waals surface area contributed by atoms with E-state index < -0.39 is 9.85 Å². The van der Waals surface area contributed by atoms with Crippen LogP contribution in [0.15, 0.2) is 53.4 Å². The lowest BCUT2D eigenvalue weighted by Crippen LogP contribution is -2.50. The zero-order valence-electron chi connectivity index (χ0n) is 15.8. The number of nitro benzene ring substituents is 2. The van der Waals surface area contributed by atoms with Gasteiger partial charge in [0.15, 0.2) is 0 Å². The third-order valence-corrected chi connectivity index (χ3v) is 5.82. The van der Waals surface area contributed by atoms with Crippen molar-refractivity contribution in [1.82, 2.24) is 4.90 Å². The zero-order valence-corrected chi connectivity index (χ0v) is 16.6. The molecule has 0 spiro atoms. The summed E-state index contributed by atoms with van der Waals surface area (Å²) in [4.78, 5) is 38.1. The van der Waals surface area contributed by atoms with Crippen LogP contribution in [0.5, 0.6) is 0 Å².